The second kappa shape index (κ2) is 8.66. The minimum Gasteiger partial charge on any atom is -0.336 e. The topological polar surface area (TPSA) is 64.9 Å². The van der Waals surface area contributed by atoms with Crippen molar-refractivity contribution in [3.8, 4) is 6.07 Å². The van der Waals surface area contributed by atoms with Crippen molar-refractivity contribution in [1.82, 2.24) is 10.6 Å². The minimum atomic E-state index is -4.81. The number of nitrogens with one attached hydrogen (secondary N) is 2. The summed E-state index contributed by atoms with van der Waals surface area (Å²) in [7, 11) is 0. The van der Waals surface area contributed by atoms with Crippen LogP contribution in [0.5, 0.6) is 0 Å². The Morgan fingerprint density at radius 3 is 2.17 bits per heavy atom. The molecule has 1 amide bonds. The summed E-state index contributed by atoms with van der Waals surface area (Å²) in [6, 6.07) is 4.51. The molecular weight excluding hydrogens is 393 g/mol. The number of carbonyl (C=O) groups is 1. The molecule has 1 fully saturated rings. The number of hydrogen-bond acceptors (Lipinski definition) is 3. The van der Waals surface area contributed by atoms with E-state index in [9.17, 15) is 26.7 Å². The third kappa shape index (κ3) is 6.67. The summed E-state index contributed by atoms with van der Waals surface area (Å²) in [5.74, 6) is -4.79. The van der Waals surface area contributed by atoms with Gasteiger partial charge in [-0.15, -0.1) is 0 Å². The SMILES string of the molecule is CC(C)CC(F)(F)C[C@H](NC(c1ccccc1)C(F)(F)F)C(=O)NC1(C#N)CC1. The largest absolute Gasteiger partial charge is 0.407 e. The summed E-state index contributed by atoms with van der Waals surface area (Å²) >= 11 is 0. The molecule has 0 radical (unpaired) electrons. The molecule has 0 saturated heterocycles. The Morgan fingerprint density at radius 1 is 1.14 bits per heavy atom. The number of nitrogens with zero attached hydrogens (tertiary/aromatic N) is 1. The Labute approximate surface area is 166 Å². The molecule has 9 heteroatoms. The van der Waals surface area contributed by atoms with E-state index in [2.05, 4.69) is 10.6 Å². The van der Waals surface area contributed by atoms with Crippen LogP contribution in [0.2, 0.25) is 0 Å². The maximum atomic E-state index is 14.4. The van der Waals surface area contributed by atoms with E-state index < -0.39 is 54.4 Å². The van der Waals surface area contributed by atoms with E-state index in [1.165, 1.54) is 30.3 Å². The van der Waals surface area contributed by atoms with Gasteiger partial charge in [0.15, 0.2) is 0 Å². The number of hydrogen-bond donors (Lipinski definition) is 2. The van der Waals surface area contributed by atoms with Gasteiger partial charge in [-0.3, -0.25) is 10.1 Å². The summed E-state index contributed by atoms with van der Waals surface area (Å²) in [6.45, 7) is 3.13. The number of alkyl halides is 5. The molecule has 1 aliphatic carbocycles. The Morgan fingerprint density at radius 2 is 1.72 bits per heavy atom. The zero-order valence-corrected chi connectivity index (χ0v) is 16.2. The van der Waals surface area contributed by atoms with Crippen molar-refractivity contribution in [2.24, 2.45) is 5.92 Å². The molecule has 0 bridgehead atoms. The Balaban J connectivity index is 2.29. The summed E-state index contributed by atoms with van der Waals surface area (Å²) in [4.78, 5) is 12.6. The van der Waals surface area contributed by atoms with Crippen LogP contribution in [0, 0.1) is 17.2 Å². The number of amides is 1. The molecule has 2 rings (SSSR count). The van der Waals surface area contributed by atoms with Gasteiger partial charge in [0.2, 0.25) is 11.8 Å². The van der Waals surface area contributed by atoms with Crippen molar-refractivity contribution < 1.29 is 26.7 Å². The molecule has 0 spiro atoms. The van der Waals surface area contributed by atoms with Gasteiger partial charge < -0.3 is 5.32 Å². The zero-order chi connectivity index (χ0) is 21.9. The molecule has 1 saturated carbocycles. The predicted octanol–water partition coefficient (Wildman–Crippen LogP) is 4.49. The van der Waals surface area contributed by atoms with Crippen molar-refractivity contribution in [2.45, 2.75) is 69.3 Å². The van der Waals surface area contributed by atoms with Crippen LogP contribution in [0.3, 0.4) is 0 Å². The van der Waals surface area contributed by atoms with Crippen LogP contribution in [0.15, 0.2) is 30.3 Å². The molecule has 0 heterocycles. The lowest BCUT2D eigenvalue weighted by Gasteiger charge is -2.30. The summed E-state index contributed by atoms with van der Waals surface area (Å²) in [5, 5.41) is 13.5. The Kier molecular flexibility index (Phi) is 6.89. The molecule has 1 unspecified atom stereocenters. The fraction of sp³-hybridized carbons (Fsp3) is 0.600. The zero-order valence-electron chi connectivity index (χ0n) is 16.2. The maximum Gasteiger partial charge on any atom is 0.407 e. The van der Waals surface area contributed by atoms with Crippen LogP contribution < -0.4 is 10.6 Å². The van der Waals surface area contributed by atoms with Crippen molar-refractivity contribution in [2.75, 3.05) is 0 Å². The van der Waals surface area contributed by atoms with Gasteiger partial charge >= 0.3 is 6.18 Å². The normalized spacial score (nSPS) is 18.0. The van der Waals surface area contributed by atoms with Gasteiger partial charge in [0.05, 0.1) is 12.1 Å². The van der Waals surface area contributed by atoms with Crippen LogP contribution in [-0.4, -0.2) is 29.6 Å². The minimum absolute atomic E-state index is 0.189. The van der Waals surface area contributed by atoms with Gasteiger partial charge in [-0.25, -0.2) is 8.78 Å². The second-order valence-electron chi connectivity index (χ2n) is 7.95. The van der Waals surface area contributed by atoms with Gasteiger partial charge in [-0.2, -0.15) is 18.4 Å². The molecule has 29 heavy (non-hydrogen) atoms. The predicted molar refractivity (Wildman–Crippen MR) is 96.9 cm³/mol. The number of rotatable bonds is 9. The molecule has 1 aliphatic rings. The number of nitriles is 1. The Bertz CT molecular complexity index is 739. The van der Waals surface area contributed by atoms with Crippen LogP contribution in [-0.2, 0) is 4.79 Å². The van der Waals surface area contributed by atoms with Crippen molar-refractivity contribution in [3.05, 3.63) is 35.9 Å². The fourth-order valence-corrected chi connectivity index (χ4v) is 3.15. The molecular formula is C20H24F5N3O. The smallest absolute Gasteiger partial charge is 0.336 e. The van der Waals surface area contributed by atoms with Gasteiger partial charge in [-0.1, -0.05) is 44.2 Å². The third-order valence-corrected chi connectivity index (χ3v) is 4.68. The highest BCUT2D eigenvalue weighted by atomic mass is 19.4. The van der Waals surface area contributed by atoms with Gasteiger partial charge in [-0.05, 0) is 24.3 Å². The van der Waals surface area contributed by atoms with Crippen LogP contribution in [0.25, 0.3) is 0 Å². The van der Waals surface area contributed by atoms with Gasteiger partial charge in [0, 0.05) is 12.8 Å². The lowest BCUT2D eigenvalue weighted by atomic mass is 9.96. The molecule has 1 aromatic rings. The van der Waals surface area contributed by atoms with E-state index >= 15 is 0 Å². The standard InChI is InChI=1S/C20H24F5N3O/c1-13(2)10-19(21,22)11-15(17(29)28-18(12-26)8-9-18)27-16(20(23,24)25)14-6-4-3-5-7-14/h3-7,13,15-16,27H,8-11H2,1-2H3,(H,28,29)/t15-,16?/m0/s1. The molecule has 2 atom stereocenters. The van der Waals surface area contributed by atoms with Crippen LogP contribution in [0.4, 0.5) is 22.0 Å². The monoisotopic (exact) mass is 417 g/mol. The highest BCUT2D eigenvalue weighted by molar-refractivity contribution is 5.83. The van der Waals surface area contributed by atoms with Crippen molar-refractivity contribution in [3.63, 3.8) is 0 Å². The maximum absolute atomic E-state index is 14.4. The summed E-state index contributed by atoms with van der Waals surface area (Å²) < 4.78 is 69.8. The lowest BCUT2D eigenvalue weighted by Crippen LogP contribution is -2.53. The van der Waals surface area contributed by atoms with Gasteiger partial charge in [0.25, 0.3) is 0 Å². The molecule has 0 aromatic heterocycles. The molecule has 1 aromatic carbocycles. The molecule has 0 aliphatic heterocycles. The van der Waals surface area contributed by atoms with E-state index in [0.29, 0.717) is 12.8 Å². The average molecular weight is 417 g/mol. The first kappa shape index (κ1) is 23.1. The van der Waals surface area contributed by atoms with Crippen LogP contribution in [0.1, 0.15) is 51.1 Å². The van der Waals surface area contributed by atoms with Crippen LogP contribution >= 0.6 is 0 Å². The Hall–Kier alpha value is -2.21. The number of benzene rings is 1. The summed E-state index contributed by atoms with van der Waals surface area (Å²) in [5.41, 5.74) is -1.36. The third-order valence-electron chi connectivity index (χ3n) is 4.68. The molecule has 4 nitrogen and oxygen atoms in total. The van der Waals surface area contributed by atoms with E-state index in [4.69, 9.17) is 5.26 Å². The van der Waals surface area contributed by atoms with E-state index in [1.807, 2.05) is 6.07 Å². The van der Waals surface area contributed by atoms with E-state index in [1.54, 1.807) is 13.8 Å². The molecule has 2 N–H and O–H groups in total. The first-order valence-electron chi connectivity index (χ1n) is 9.36. The quantitative estimate of drug-likeness (QED) is 0.582. The highest BCUT2D eigenvalue weighted by Crippen LogP contribution is 2.37. The molecule has 160 valence electrons. The fourth-order valence-electron chi connectivity index (χ4n) is 3.15. The second-order valence-corrected chi connectivity index (χ2v) is 7.95. The lowest BCUT2D eigenvalue weighted by molar-refractivity contribution is -0.163. The summed E-state index contributed by atoms with van der Waals surface area (Å²) in [6.07, 6.45) is -5.79. The first-order chi connectivity index (χ1) is 13.4. The number of carbonyl (C=O) groups excluding carboxylic acids is 1. The highest BCUT2D eigenvalue weighted by Gasteiger charge is 2.49. The average Bonchev–Trinajstić information content (AvgIpc) is 3.37. The number of halogens is 5. The first-order valence-corrected chi connectivity index (χ1v) is 9.36. The van der Waals surface area contributed by atoms with Crippen molar-refractivity contribution >= 4 is 5.91 Å². The van der Waals surface area contributed by atoms with E-state index in [0.717, 1.165) is 0 Å². The van der Waals surface area contributed by atoms with E-state index in [-0.39, 0.29) is 5.56 Å². The van der Waals surface area contributed by atoms with Crippen molar-refractivity contribution in [1.29, 1.82) is 5.26 Å². The van der Waals surface area contributed by atoms with Gasteiger partial charge in [0.1, 0.15) is 11.6 Å².